The van der Waals surface area contributed by atoms with Crippen LogP contribution in [-0.4, -0.2) is 12.9 Å². The molecule has 1 rings (SSSR count). The Morgan fingerprint density at radius 3 is 2.58 bits per heavy atom. The number of Topliss-reactive ketones (excluding diaryl/α,β-unsaturated/α-hetero) is 1. The monoisotopic (exact) mass is 166 g/mol. The van der Waals surface area contributed by atoms with Gasteiger partial charge in [0.1, 0.15) is 5.75 Å². The van der Waals surface area contributed by atoms with Crippen molar-refractivity contribution in [3.8, 4) is 5.75 Å². The van der Waals surface area contributed by atoms with Crippen LogP contribution >= 0.6 is 0 Å². The third-order valence-corrected chi connectivity index (χ3v) is 1.48. The van der Waals surface area contributed by atoms with E-state index < -0.39 is 0 Å². The van der Waals surface area contributed by atoms with Crippen molar-refractivity contribution in [3.05, 3.63) is 29.8 Å². The summed E-state index contributed by atoms with van der Waals surface area (Å²) < 4.78 is 4.95. The van der Waals surface area contributed by atoms with E-state index in [0.29, 0.717) is 5.56 Å². The molecule has 0 saturated carbocycles. The quantitative estimate of drug-likeness (QED) is 0.631. The Balaban J connectivity index is 0.00000121. The van der Waals surface area contributed by atoms with Crippen LogP contribution in [0, 0.1) is 0 Å². The molecule has 1 aromatic carbocycles. The highest BCUT2D eigenvalue weighted by atomic mass is 16.5. The van der Waals surface area contributed by atoms with Crippen LogP contribution in [0.5, 0.6) is 5.75 Å². The summed E-state index contributed by atoms with van der Waals surface area (Å²) in [6.07, 6.45) is 0. The Kier molecular flexibility index (Phi) is 4.05. The highest BCUT2D eigenvalue weighted by Gasteiger charge is 1.98. The number of hydrogen-bond acceptors (Lipinski definition) is 2. The second-order valence-electron chi connectivity index (χ2n) is 2.29. The van der Waals surface area contributed by atoms with E-state index in [4.69, 9.17) is 4.74 Å². The molecule has 0 fully saturated rings. The smallest absolute Gasteiger partial charge is 0.159 e. The second kappa shape index (κ2) is 4.54. The Hall–Kier alpha value is -1.31. The zero-order valence-corrected chi connectivity index (χ0v) is 6.63. The molecule has 0 radical (unpaired) electrons. The van der Waals surface area contributed by atoms with E-state index in [2.05, 4.69) is 0 Å². The van der Waals surface area contributed by atoms with Gasteiger partial charge in [-0.15, -0.1) is 0 Å². The van der Waals surface area contributed by atoms with Gasteiger partial charge >= 0.3 is 0 Å². The lowest BCUT2D eigenvalue weighted by Crippen LogP contribution is -1.92. The first-order valence-corrected chi connectivity index (χ1v) is 3.39. The zero-order valence-electron chi connectivity index (χ0n) is 6.63. The molecule has 12 heavy (non-hydrogen) atoms. The minimum atomic E-state index is 0. The van der Waals surface area contributed by atoms with Crippen molar-refractivity contribution in [1.82, 2.24) is 0 Å². The van der Waals surface area contributed by atoms with Crippen molar-refractivity contribution in [1.29, 1.82) is 0 Å². The van der Waals surface area contributed by atoms with Crippen LogP contribution in [0.1, 0.15) is 24.7 Å². The molecule has 0 aromatic heterocycles. The summed E-state index contributed by atoms with van der Waals surface area (Å²) in [7, 11) is 1.58. The molecule has 2 heteroatoms. The predicted octanol–water partition coefficient (Wildman–Crippen LogP) is 2.53. The summed E-state index contributed by atoms with van der Waals surface area (Å²) >= 11 is 0. The van der Waals surface area contributed by atoms with Gasteiger partial charge in [-0.05, 0) is 19.1 Å². The van der Waals surface area contributed by atoms with Gasteiger partial charge in [0.15, 0.2) is 5.78 Å². The number of carbonyl (C=O) groups excluding carboxylic acids is 1. The summed E-state index contributed by atoms with van der Waals surface area (Å²) in [4.78, 5) is 10.9. The first kappa shape index (κ1) is 10.7. The van der Waals surface area contributed by atoms with Crippen molar-refractivity contribution < 1.29 is 9.53 Å². The number of hydrogen-bond donors (Lipinski definition) is 0. The zero-order chi connectivity index (χ0) is 8.27. The molecule has 0 spiro atoms. The van der Waals surface area contributed by atoms with Gasteiger partial charge in [0.05, 0.1) is 7.11 Å². The molecule has 0 aliphatic carbocycles. The first-order chi connectivity index (χ1) is 5.24. The predicted molar refractivity (Wildman–Crippen MR) is 49.7 cm³/mol. The van der Waals surface area contributed by atoms with E-state index in [1.165, 1.54) is 6.92 Å². The number of ketones is 1. The molecule has 0 N–H and O–H groups in total. The highest BCUT2D eigenvalue weighted by Crippen LogP contribution is 2.12. The van der Waals surface area contributed by atoms with Gasteiger partial charge in [0.2, 0.25) is 0 Å². The van der Waals surface area contributed by atoms with Gasteiger partial charge in [-0.3, -0.25) is 4.79 Å². The lowest BCUT2D eigenvalue weighted by molar-refractivity contribution is 0.101. The maximum Gasteiger partial charge on any atom is 0.159 e. The minimum absolute atomic E-state index is 0. The van der Waals surface area contributed by atoms with E-state index >= 15 is 0 Å². The number of methoxy groups -OCH3 is 1. The number of rotatable bonds is 2. The second-order valence-corrected chi connectivity index (χ2v) is 2.29. The topological polar surface area (TPSA) is 26.3 Å². The molecule has 0 aliphatic heterocycles. The van der Waals surface area contributed by atoms with Crippen molar-refractivity contribution in [2.75, 3.05) is 7.11 Å². The fourth-order valence-electron chi connectivity index (χ4n) is 0.842. The average molecular weight is 166 g/mol. The van der Waals surface area contributed by atoms with Gasteiger partial charge in [-0.1, -0.05) is 19.6 Å². The number of carbonyl (C=O) groups is 1. The fraction of sp³-hybridized carbons (Fsp3) is 0.300. The normalized spacial score (nSPS) is 8.50. The summed E-state index contributed by atoms with van der Waals surface area (Å²) in [6.45, 7) is 1.54. The van der Waals surface area contributed by atoms with Crippen molar-refractivity contribution in [3.63, 3.8) is 0 Å². The molecular weight excluding hydrogens is 152 g/mol. The Morgan fingerprint density at radius 1 is 1.42 bits per heavy atom. The molecule has 66 valence electrons. The average Bonchev–Trinajstić information content (AvgIpc) is 2.05. The summed E-state index contributed by atoms with van der Waals surface area (Å²) in [6, 6.07) is 7.11. The molecule has 0 bridgehead atoms. The van der Waals surface area contributed by atoms with Gasteiger partial charge < -0.3 is 4.74 Å². The van der Waals surface area contributed by atoms with Crippen molar-refractivity contribution in [2.45, 2.75) is 14.4 Å². The van der Waals surface area contributed by atoms with Crippen LogP contribution in [0.3, 0.4) is 0 Å². The van der Waals surface area contributed by atoms with Crippen molar-refractivity contribution in [2.24, 2.45) is 0 Å². The lowest BCUT2D eigenvalue weighted by Gasteiger charge is -1.99. The first-order valence-electron chi connectivity index (χ1n) is 3.39. The molecule has 1 aromatic rings. The van der Waals surface area contributed by atoms with Crippen LogP contribution in [0.4, 0.5) is 0 Å². The molecule has 0 unspecified atom stereocenters. The third-order valence-electron chi connectivity index (χ3n) is 1.48. The van der Waals surface area contributed by atoms with E-state index in [9.17, 15) is 4.79 Å². The van der Waals surface area contributed by atoms with Gasteiger partial charge in [0.25, 0.3) is 0 Å². The van der Waals surface area contributed by atoms with Crippen LogP contribution in [0.25, 0.3) is 0 Å². The molecule has 0 atom stereocenters. The highest BCUT2D eigenvalue weighted by molar-refractivity contribution is 5.94. The lowest BCUT2D eigenvalue weighted by atomic mass is 10.1. The summed E-state index contributed by atoms with van der Waals surface area (Å²) in [5, 5.41) is 0. The number of benzene rings is 1. The van der Waals surface area contributed by atoms with Crippen LogP contribution in [0.15, 0.2) is 24.3 Å². The number of ether oxygens (including phenoxy) is 1. The molecular formula is C10H14O2. The maximum absolute atomic E-state index is 10.9. The van der Waals surface area contributed by atoms with E-state index in [1.54, 1.807) is 25.3 Å². The minimum Gasteiger partial charge on any atom is -0.497 e. The molecule has 2 nitrogen and oxygen atoms in total. The largest absolute Gasteiger partial charge is 0.497 e. The van der Waals surface area contributed by atoms with Crippen LogP contribution in [0.2, 0.25) is 0 Å². The standard InChI is InChI=1S/C9H10O2.CH4/c1-7(10)8-4-3-5-9(6-8)11-2;/h3-6H,1-2H3;1H4. The van der Waals surface area contributed by atoms with E-state index in [0.717, 1.165) is 5.75 Å². The fourth-order valence-corrected chi connectivity index (χ4v) is 0.842. The molecule has 0 aliphatic rings. The summed E-state index contributed by atoms with van der Waals surface area (Å²) in [5.74, 6) is 0.779. The van der Waals surface area contributed by atoms with E-state index in [-0.39, 0.29) is 13.2 Å². The van der Waals surface area contributed by atoms with E-state index in [1.807, 2.05) is 6.07 Å². The Morgan fingerprint density at radius 2 is 2.08 bits per heavy atom. The third kappa shape index (κ3) is 2.38. The van der Waals surface area contributed by atoms with Crippen LogP contribution in [-0.2, 0) is 0 Å². The van der Waals surface area contributed by atoms with Crippen molar-refractivity contribution >= 4 is 5.78 Å². The molecule has 0 amide bonds. The molecule has 0 heterocycles. The van der Waals surface area contributed by atoms with Gasteiger partial charge in [0, 0.05) is 5.56 Å². The maximum atomic E-state index is 10.9. The van der Waals surface area contributed by atoms with Crippen LogP contribution < -0.4 is 4.74 Å². The summed E-state index contributed by atoms with van der Waals surface area (Å²) in [5.41, 5.74) is 0.685. The SMILES string of the molecule is C.COc1cccc(C(C)=O)c1. The van der Waals surface area contributed by atoms with Gasteiger partial charge in [-0.25, -0.2) is 0 Å². The van der Waals surface area contributed by atoms with Gasteiger partial charge in [-0.2, -0.15) is 0 Å². The molecule has 0 saturated heterocycles. The Bertz CT molecular complexity index is 266. The Labute approximate surface area is 73.2 Å².